The van der Waals surface area contributed by atoms with Gasteiger partial charge in [0.05, 0.1) is 11.6 Å². The van der Waals surface area contributed by atoms with E-state index >= 15 is 0 Å². The van der Waals surface area contributed by atoms with Gasteiger partial charge in [0.2, 0.25) is 0 Å². The first kappa shape index (κ1) is 11.6. The second-order valence-corrected chi connectivity index (χ2v) is 4.39. The van der Waals surface area contributed by atoms with E-state index in [1.54, 1.807) is 6.07 Å². The van der Waals surface area contributed by atoms with Crippen molar-refractivity contribution in [2.45, 2.75) is 0 Å². The number of benzene rings is 2. The molecule has 0 radical (unpaired) electrons. The number of rotatable bonds is 2. The zero-order valence-electron chi connectivity index (χ0n) is 8.74. The van der Waals surface area contributed by atoms with E-state index in [4.69, 9.17) is 5.26 Å². The molecule has 2 aromatic rings. The smallest absolute Gasteiger partial charge is 0.126 e. The van der Waals surface area contributed by atoms with Crippen LogP contribution < -0.4 is 5.32 Å². The summed E-state index contributed by atoms with van der Waals surface area (Å²) in [6.45, 7) is 0. The largest absolute Gasteiger partial charge is 0.355 e. The van der Waals surface area contributed by atoms with Crippen molar-refractivity contribution in [1.82, 2.24) is 0 Å². The first-order chi connectivity index (χ1) is 8.17. The molecule has 0 fully saturated rings. The monoisotopic (exact) mass is 290 g/mol. The maximum absolute atomic E-state index is 13.2. The molecule has 0 spiro atoms. The van der Waals surface area contributed by atoms with Crippen molar-refractivity contribution >= 4 is 27.3 Å². The molecule has 0 aromatic heterocycles. The van der Waals surface area contributed by atoms with E-state index in [0.717, 1.165) is 10.2 Å². The van der Waals surface area contributed by atoms with Crippen molar-refractivity contribution in [3.8, 4) is 6.07 Å². The van der Waals surface area contributed by atoms with Gasteiger partial charge in [-0.3, -0.25) is 0 Å². The van der Waals surface area contributed by atoms with Gasteiger partial charge in [-0.25, -0.2) is 4.39 Å². The fourth-order valence-corrected chi connectivity index (χ4v) is 1.86. The van der Waals surface area contributed by atoms with Crippen molar-refractivity contribution in [1.29, 1.82) is 5.26 Å². The lowest BCUT2D eigenvalue weighted by molar-refractivity contribution is 0.628. The number of nitrogens with one attached hydrogen (secondary N) is 1. The van der Waals surface area contributed by atoms with Crippen LogP contribution in [0.2, 0.25) is 0 Å². The van der Waals surface area contributed by atoms with E-state index in [0.29, 0.717) is 11.3 Å². The molecule has 0 heterocycles. The molecule has 2 rings (SSSR count). The predicted octanol–water partition coefficient (Wildman–Crippen LogP) is 4.20. The molecule has 17 heavy (non-hydrogen) atoms. The predicted molar refractivity (Wildman–Crippen MR) is 68.5 cm³/mol. The average molecular weight is 291 g/mol. The zero-order chi connectivity index (χ0) is 12.3. The Morgan fingerprint density at radius 2 is 1.94 bits per heavy atom. The summed E-state index contributed by atoms with van der Waals surface area (Å²) in [6, 6.07) is 13.6. The van der Waals surface area contributed by atoms with Crippen molar-refractivity contribution in [3.05, 3.63) is 58.3 Å². The molecular formula is C13H8BrFN2. The highest BCUT2D eigenvalue weighted by molar-refractivity contribution is 9.10. The third-order valence-electron chi connectivity index (χ3n) is 2.14. The molecule has 4 heteroatoms. The van der Waals surface area contributed by atoms with Crippen molar-refractivity contribution < 1.29 is 4.39 Å². The molecule has 84 valence electrons. The third-order valence-corrected chi connectivity index (χ3v) is 2.63. The Labute approximate surface area is 107 Å². The molecule has 0 bridgehead atoms. The minimum atomic E-state index is -0.429. The van der Waals surface area contributed by atoms with Crippen LogP contribution in [0, 0.1) is 17.1 Å². The first-order valence-corrected chi connectivity index (χ1v) is 5.70. The Morgan fingerprint density at radius 1 is 1.12 bits per heavy atom. The molecular weight excluding hydrogens is 283 g/mol. The van der Waals surface area contributed by atoms with Gasteiger partial charge >= 0.3 is 0 Å². The SMILES string of the molecule is N#Cc1cc(F)cc(Nc2cccc(Br)c2)c1. The van der Waals surface area contributed by atoms with Gasteiger partial charge in [-0.05, 0) is 36.4 Å². The number of nitriles is 1. The van der Waals surface area contributed by atoms with Gasteiger partial charge < -0.3 is 5.32 Å². The van der Waals surface area contributed by atoms with Gasteiger partial charge in [-0.15, -0.1) is 0 Å². The number of anilines is 2. The Hall–Kier alpha value is -1.86. The van der Waals surface area contributed by atoms with Gasteiger partial charge in [-0.1, -0.05) is 22.0 Å². The summed E-state index contributed by atoms with van der Waals surface area (Å²) in [5.74, 6) is -0.429. The van der Waals surface area contributed by atoms with Crippen molar-refractivity contribution in [2.24, 2.45) is 0 Å². The number of hydrogen-bond acceptors (Lipinski definition) is 2. The topological polar surface area (TPSA) is 35.8 Å². The zero-order valence-corrected chi connectivity index (χ0v) is 10.3. The van der Waals surface area contributed by atoms with E-state index in [1.165, 1.54) is 12.1 Å². The van der Waals surface area contributed by atoms with Gasteiger partial charge in [0.25, 0.3) is 0 Å². The van der Waals surface area contributed by atoms with Gasteiger partial charge in [0.1, 0.15) is 5.82 Å². The van der Waals surface area contributed by atoms with Crippen LogP contribution in [0.1, 0.15) is 5.56 Å². The molecule has 1 N–H and O–H groups in total. The van der Waals surface area contributed by atoms with E-state index in [1.807, 2.05) is 30.3 Å². The van der Waals surface area contributed by atoms with Crippen LogP contribution in [0.15, 0.2) is 46.9 Å². The highest BCUT2D eigenvalue weighted by atomic mass is 79.9. The second-order valence-electron chi connectivity index (χ2n) is 3.48. The first-order valence-electron chi connectivity index (χ1n) is 4.90. The molecule has 0 saturated carbocycles. The Bertz CT molecular complexity index is 590. The van der Waals surface area contributed by atoms with E-state index in [9.17, 15) is 4.39 Å². The third kappa shape index (κ3) is 3.05. The molecule has 0 amide bonds. The summed E-state index contributed by atoms with van der Waals surface area (Å²) < 4.78 is 14.1. The molecule has 0 unspecified atom stereocenters. The van der Waals surface area contributed by atoms with E-state index in [2.05, 4.69) is 21.2 Å². The molecule has 0 atom stereocenters. The van der Waals surface area contributed by atoms with Crippen LogP contribution >= 0.6 is 15.9 Å². The summed E-state index contributed by atoms with van der Waals surface area (Å²) >= 11 is 3.35. The fourth-order valence-electron chi connectivity index (χ4n) is 1.46. The summed E-state index contributed by atoms with van der Waals surface area (Å²) in [5.41, 5.74) is 1.68. The minimum Gasteiger partial charge on any atom is -0.355 e. The molecule has 0 saturated heterocycles. The van der Waals surface area contributed by atoms with Crippen LogP contribution in [0.4, 0.5) is 15.8 Å². The lowest BCUT2D eigenvalue weighted by atomic mass is 10.2. The van der Waals surface area contributed by atoms with Crippen LogP contribution in [0.3, 0.4) is 0 Å². The Morgan fingerprint density at radius 3 is 2.65 bits per heavy atom. The summed E-state index contributed by atoms with van der Waals surface area (Å²) in [6.07, 6.45) is 0. The van der Waals surface area contributed by atoms with Gasteiger partial charge in [-0.2, -0.15) is 5.26 Å². The molecule has 0 aliphatic heterocycles. The lowest BCUT2D eigenvalue weighted by Gasteiger charge is -2.07. The average Bonchev–Trinajstić information content (AvgIpc) is 2.28. The van der Waals surface area contributed by atoms with Gasteiger partial charge in [0, 0.05) is 15.8 Å². The molecule has 2 nitrogen and oxygen atoms in total. The normalized spacial score (nSPS) is 9.71. The molecule has 0 aliphatic rings. The summed E-state index contributed by atoms with van der Waals surface area (Å²) in [7, 11) is 0. The number of halogens is 2. The van der Waals surface area contributed by atoms with Crippen LogP contribution in [0.5, 0.6) is 0 Å². The Kier molecular flexibility index (Phi) is 3.40. The summed E-state index contributed by atoms with van der Waals surface area (Å²) in [4.78, 5) is 0. The standard InChI is InChI=1S/C13H8BrFN2/c14-10-2-1-3-12(6-10)17-13-5-9(8-16)4-11(15)7-13/h1-7,17H. The second kappa shape index (κ2) is 4.98. The van der Waals surface area contributed by atoms with E-state index in [-0.39, 0.29) is 0 Å². The fraction of sp³-hybridized carbons (Fsp3) is 0. The quantitative estimate of drug-likeness (QED) is 0.900. The van der Waals surface area contributed by atoms with Crippen molar-refractivity contribution in [3.63, 3.8) is 0 Å². The van der Waals surface area contributed by atoms with Gasteiger partial charge in [0.15, 0.2) is 0 Å². The number of nitrogens with zero attached hydrogens (tertiary/aromatic N) is 1. The minimum absolute atomic E-state index is 0.294. The number of hydrogen-bond donors (Lipinski definition) is 1. The highest BCUT2D eigenvalue weighted by Crippen LogP contribution is 2.21. The molecule has 0 aliphatic carbocycles. The summed E-state index contributed by atoms with van der Waals surface area (Å²) in [5, 5.41) is 11.8. The van der Waals surface area contributed by atoms with Crippen LogP contribution in [0.25, 0.3) is 0 Å². The van der Waals surface area contributed by atoms with E-state index < -0.39 is 5.82 Å². The van der Waals surface area contributed by atoms with Crippen LogP contribution in [-0.2, 0) is 0 Å². The molecule has 2 aromatic carbocycles. The highest BCUT2D eigenvalue weighted by Gasteiger charge is 2.01. The maximum atomic E-state index is 13.2. The van der Waals surface area contributed by atoms with Crippen LogP contribution in [-0.4, -0.2) is 0 Å². The maximum Gasteiger partial charge on any atom is 0.126 e. The Balaban J connectivity index is 2.30. The lowest BCUT2D eigenvalue weighted by Crippen LogP contribution is -1.92. The van der Waals surface area contributed by atoms with Crippen molar-refractivity contribution in [2.75, 3.05) is 5.32 Å².